The van der Waals surface area contributed by atoms with Gasteiger partial charge in [0, 0.05) is 0 Å². The van der Waals surface area contributed by atoms with E-state index in [1.54, 1.807) is 0 Å². The SMILES string of the molecule is Cc1ccc(F)cc1[C@H](N)C(F)(F)F.Cl. The molecule has 0 radical (unpaired) electrons. The highest BCUT2D eigenvalue weighted by Crippen LogP contribution is 2.32. The van der Waals surface area contributed by atoms with E-state index in [-0.39, 0.29) is 18.0 Å². The second-order valence-electron chi connectivity index (χ2n) is 3.02. The lowest BCUT2D eigenvalue weighted by atomic mass is 10.0. The van der Waals surface area contributed by atoms with Crippen LogP contribution in [0.5, 0.6) is 0 Å². The van der Waals surface area contributed by atoms with Gasteiger partial charge in [0.25, 0.3) is 0 Å². The van der Waals surface area contributed by atoms with Gasteiger partial charge < -0.3 is 5.73 Å². The Morgan fingerprint density at radius 2 is 1.80 bits per heavy atom. The number of nitrogens with two attached hydrogens (primary N) is 1. The molecule has 86 valence electrons. The van der Waals surface area contributed by atoms with Crippen LogP contribution in [0.15, 0.2) is 18.2 Å². The van der Waals surface area contributed by atoms with Gasteiger partial charge in [0.1, 0.15) is 11.9 Å². The highest BCUT2D eigenvalue weighted by atomic mass is 35.5. The highest BCUT2D eigenvalue weighted by molar-refractivity contribution is 5.85. The minimum Gasteiger partial charge on any atom is -0.316 e. The predicted octanol–water partition coefficient (Wildman–Crippen LogP) is 3.12. The normalized spacial score (nSPS) is 13.2. The van der Waals surface area contributed by atoms with E-state index in [9.17, 15) is 17.6 Å². The fourth-order valence-corrected chi connectivity index (χ4v) is 1.12. The molecular formula is C9H10ClF4N. The zero-order chi connectivity index (χ0) is 10.9. The van der Waals surface area contributed by atoms with E-state index in [2.05, 4.69) is 0 Å². The van der Waals surface area contributed by atoms with Crippen LogP contribution in [0.3, 0.4) is 0 Å². The third-order valence-electron chi connectivity index (χ3n) is 1.93. The van der Waals surface area contributed by atoms with E-state index in [0.717, 1.165) is 12.1 Å². The molecule has 1 atom stereocenters. The standard InChI is InChI=1S/C9H9F4N.ClH/c1-5-2-3-6(10)4-7(5)8(14)9(11,12)13;/h2-4,8H,14H2,1H3;1H/t8-;/m0./s1. The van der Waals surface area contributed by atoms with Crippen molar-refractivity contribution in [1.29, 1.82) is 0 Å². The summed E-state index contributed by atoms with van der Waals surface area (Å²) in [5.41, 5.74) is 5.06. The van der Waals surface area contributed by atoms with Crippen LogP contribution >= 0.6 is 12.4 Å². The summed E-state index contributed by atoms with van der Waals surface area (Å²) in [6, 6.07) is 1.06. The van der Waals surface area contributed by atoms with E-state index < -0.39 is 18.0 Å². The molecule has 1 aromatic rings. The van der Waals surface area contributed by atoms with Crippen LogP contribution in [-0.4, -0.2) is 6.18 Å². The van der Waals surface area contributed by atoms with Gasteiger partial charge in [-0.3, -0.25) is 0 Å². The van der Waals surface area contributed by atoms with E-state index in [1.807, 2.05) is 0 Å². The van der Waals surface area contributed by atoms with Crippen molar-refractivity contribution >= 4 is 12.4 Å². The van der Waals surface area contributed by atoms with Crippen LogP contribution in [0.25, 0.3) is 0 Å². The van der Waals surface area contributed by atoms with E-state index in [0.29, 0.717) is 5.56 Å². The summed E-state index contributed by atoms with van der Waals surface area (Å²) in [5, 5.41) is 0. The van der Waals surface area contributed by atoms with Crippen LogP contribution < -0.4 is 5.73 Å². The van der Waals surface area contributed by atoms with E-state index >= 15 is 0 Å². The minimum absolute atomic E-state index is 0. The van der Waals surface area contributed by atoms with Crippen LogP contribution in [0.4, 0.5) is 17.6 Å². The topological polar surface area (TPSA) is 26.0 Å². The summed E-state index contributed by atoms with van der Waals surface area (Å²) in [5.74, 6) is -0.717. The van der Waals surface area contributed by atoms with Gasteiger partial charge in [0.05, 0.1) is 0 Å². The molecule has 0 aliphatic rings. The lowest BCUT2D eigenvalue weighted by Gasteiger charge is -2.17. The molecule has 0 amide bonds. The zero-order valence-corrected chi connectivity index (χ0v) is 8.62. The summed E-state index contributed by atoms with van der Waals surface area (Å²) < 4.78 is 49.3. The molecule has 0 bridgehead atoms. The van der Waals surface area contributed by atoms with Gasteiger partial charge >= 0.3 is 6.18 Å². The molecule has 1 aromatic carbocycles. The maximum Gasteiger partial charge on any atom is 0.407 e. The molecule has 0 aliphatic heterocycles. The van der Waals surface area contributed by atoms with Gasteiger partial charge in [-0.05, 0) is 30.2 Å². The van der Waals surface area contributed by atoms with Crippen LogP contribution in [0, 0.1) is 12.7 Å². The maximum atomic E-state index is 12.7. The van der Waals surface area contributed by atoms with Gasteiger partial charge in [-0.15, -0.1) is 12.4 Å². The average molecular weight is 244 g/mol. The Labute approximate surface area is 90.7 Å². The van der Waals surface area contributed by atoms with Crippen molar-refractivity contribution in [2.24, 2.45) is 5.73 Å². The van der Waals surface area contributed by atoms with Crippen molar-refractivity contribution < 1.29 is 17.6 Å². The molecular weight excluding hydrogens is 234 g/mol. The van der Waals surface area contributed by atoms with Crippen LogP contribution in [0.1, 0.15) is 17.2 Å². The third-order valence-corrected chi connectivity index (χ3v) is 1.93. The second kappa shape index (κ2) is 4.81. The van der Waals surface area contributed by atoms with Crippen LogP contribution in [0.2, 0.25) is 0 Å². The molecule has 2 N–H and O–H groups in total. The average Bonchev–Trinajstić information content (AvgIpc) is 2.06. The van der Waals surface area contributed by atoms with Crippen molar-refractivity contribution in [2.45, 2.75) is 19.1 Å². The summed E-state index contributed by atoms with van der Waals surface area (Å²) in [6.45, 7) is 1.46. The largest absolute Gasteiger partial charge is 0.407 e. The number of rotatable bonds is 1. The lowest BCUT2D eigenvalue weighted by Crippen LogP contribution is -2.29. The van der Waals surface area contributed by atoms with Crippen molar-refractivity contribution in [3.8, 4) is 0 Å². The second-order valence-corrected chi connectivity index (χ2v) is 3.02. The zero-order valence-electron chi connectivity index (χ0n) is 7.81. The Balaban J connectivity index is 0.00000196. The summed E-state index contributed by atoms with van der Waals surface area (Å²) in [6.07, 6.45) is -4.54. The van der Waals surface area contributed by atoms with Gasteiger partial charge in [0.2, 0.25) is 0 Å². The molecule has 0 saturated heterocycles. The number of alkyl halides is 3. The number of hydrogen-bond donors (Lipinski definition) is 1. The Morgan fingerprint density at radius 1 is 1.27 bits per heavy atom. The maximum absolute atomic E-state index is 12.7. The van der Waals surface area contributed by atoms with E-state index in [1.165, 1.54) is 13.0 Å². The Bertz CT molecular complexity index is 337. The number of halogens is 5. The third kappa shape index (κ3) is 3.35. The monoisotopic (exact) mass is 243 g/mol. The van der Waals surface area contributed by atoms with Gasteiger partial charge in [-0.1, -0.05) is 6.07 Å². The van der Waals surface area contributed by atoms with Crippen molar-refractivity contribution in [2.75, 3.05) is 0 Å². The molecule has 0 heterocycles. The van der Waals surface area contributed by atoms with Gasteiger partial charge in [-0.25, -0.2) is 4.39 Å². The minimum atomic E-state index is -4.54. The number of aryl methyl sites for hydroxylation is 1. The molecule has 0 saturated carbocycles. The molecule has 0 spiro atoms. The molecule has 0 aliphatic carbocycles. The first-order valence-corrected chi connectivity index (χ1v) is 3.90. The van der Waals surface area contributed by atoms with Gasteiger partial charge in [-0.2, -0.15) is 13.2 Å². The van der Waals surface area contributed by atoms with Crippen molar-refractivity contribution in [3.05, 3.63) is 35.1 Å². The van der Waals surface area contributed by atoms with Crippen LogP contribution in [-0.2, 0) is 0 Å². The Morgan fingerprint density at radius 3 is 2.27 bits per heavy atom. The first kappa shape index (κ1) is 14.2. The fourth-order valence-electron chi connectivity index (χ4n) is 1.12. The Kier molecular flexibility index (Phi) is 4.55. The highest BCUT2D eigenvalue weighted by Gasteiger charge is 2.38. The smallest absolute Gasteiger partial charge is 0.316 e. The molecule has 0 unspecified atom stereocenters. The molecule has 1 nitrogen and oxygen atoms in total. The lowest BCUT2D eigenvalue weighted by molar-refractivity contribution is -0.149. The Hall–Kier alpha value is -0.810. The molecule has 0 aromatic heterocycles. The van der Waals surface area contributed by atoms with Crippen molar-refractivity contribution in [3.63, 3.8) is 0 Å². The summed E-state index contributed by atoms with van der Waals surface area (Å²) in [7, 11) is 0. The van der Waals surface area contributed by atoms with Crippen molar-refractivity contribution in [1.82, 2.24) is 0 Å². The number of hydrogen-bond acceptors (Lipinski definition) is 1. The summed E-state index contributed by atoms with van der Waals surface area (Å²) in [4.78, 5) is 0. The number of benzene rings is 1. The first-order valence-electron chi connectivity index (χ1n) is 3.90. The molecule has 15 heavy (non-hydrogen) atoms. The fraction of sp³-hybridized carbons (Fsp3) is 0.333. The first-order chi connectivity index (χ1) is 6.32. The molecule has 0 fully saturated rings. The molecule has 6 heteroatoms. The van der Waals surface area contributed by atoms with E-state index in [4.69, 9.17) is 5.73 Å². The quantitative estimate of drug-likeness (QED) is 0.754. The predicted molar refractivity (Wildman–Crippen MR) is 51.4 cm³/mol. The molecule has 1 rings (SSSR count). The summed E-state index contributed by atoms with van der Waals surface area (Å²) >= 11 is 0. The van der Waals surface area contributed by atoms with Gasteiger partial charge in [0.15, 0.2) is 0 Å².